The lowest BCUT2D eigenvalue weighted by Gasteiger charge is -2.01. The summed E-state index contributed by atoms with van der Waals surface area (Å²) in [5.41, 5.74) is 2.53. The first-order valence-corrected chi connectivity index (χ1v) is 7.56. The summed E-state index contributed by atoms with van der Waals surface area (Å²) in [7, 11) is 0. The molecule has 0 radical (unpaired) electrons. The highest BCUT2D eigenvalue weighted by Gasteiger charge is 2.22. The van der Waals surface area contributed by atoms with E-state index >= 15 is 0 Å². The third kappa shape index (κ3) is 3.78. The average molecular weight is 317 g/mol. The van der Waals surface area contributed by atoms with Gasteiger partial charge >= 0.3 is 0 Å². The van der Waals surface area contributed by atoms with Gasteiger partial charge < -0.3 is 0 Å². The van der Waals surface area contributed by atoms with Crippen LogP contribution >= 0.6 is 22.9 Å². The van der Waals surface area contributed by atoms with Crippen LogP contribution in [0, 0.1) is 11.3 Å². The number of halogens is 1. The third-order valence-electron chi connectivity index (χ3n) is 2.75. The van der Waals surface area contributed by atoms with Gasteiger partial charge in [0.15, 0.2) is 11.7 Å². The predicted octanol–water partition coefficient (Wildman–Crippen LogP) is 4.61. The summed E-state index contributed by atoms with van der Waals surface area (Å²) in [6.07, 6.45) is 1.48. The maximum absolute atomic E-state index is 12.0. The first-order chi connectivity index (χ1) is 10.0. The summed E-state index contributed by atoms with van der Waals surface area (Å²) in [6.45, 7) is 3.65. The summed E-state index contributed by atoms with van der Waals surface area (Å²) in [5, 5.41) is 12.2. The van der Waals surface area contributed by atoms with Crippen LogP contribution in [0.25, 0.3) is 11.3 Å². The Labute approximate surface area is 132 Å². The molecular formula is C16H13ClN2OS. The molecule has 106 valence electrons. The van der Waals surface area contributed by atoms with Crippen LogP contribution in [0.4, 0.5) is 0 Å². The van der Waals surface area contributed by atoms with Crippen LogP contribution in [0.3, 0.4) is 0 Å². The van der Waals surface area contributed by atoms with Gasteiger partial charge in [0.05, 0.1) is 11.8 Å². The van der Waals surface area contributed by atoms with E-state index in [-0.39, 0.29) is 5.78 Å². The Morgan fingerprint density at radius 1 is 1.38 bits per heavy atom. The number of thiazole rings is 1. The molecule has 0 aliphatic rings. The van der Waals surface area contributed by atoms with Crippen LogP contribution in [-0.4, -0.2) is 10.8 Å². The average Bonchev–Trinajstić information content (AvgIpc) is 2.89. The zero-order chi connectivity index (χ0) is 15.4. The molecule has 1 aromatic heterocycles. The molecule has 3 nitrogen and oxygen atoms in total. The largest absolute Gasteiger partial charge is 0.293 e. The van der Waals surface area contributed by atoms with Crippen molar-refractivity contribution in [3.8, 4) is 17.3 Å². The molecule has 0 aliphatic carbocycles. The molecular weight excluding hydrogens is 304 g/mol. The highest BCUT2D eigenvalue weighted by molar-refractivity contribution is 7.10. The lowest BCUT2D eigenvalue weighted by molar-refractivity contribution is -0.114. The Morgan fingerprint density at radius 3 is 2.62 bits per heavy atom. The molecule has 0 fully saturated rings. The van der Waals surface area contributed by atoms with E-state index in [1.54, 1.807) is 12.1 Å². The molecule has 2 aromatic rings. The molecule has 2 rings (SSSR count). The lowest BCUT2D eigenvalue weighted by atomic mass is 10.0. The van der Waals surface area contributed by atoms with E-state index in [4.69, 9.17) is 11.6 Å². The van der Waals surface area contributed by atoms with E-state index in [0.29, 0.717) is 10.0 Å². The minimum atomic E-state index is -0.842. The van der Waals surface area contributed by atoms with Crippen molar-refractivity contribution < 1.29 is 4.79 Å². The minimum absolute atomic E-state index is 0.227. The monoisotopic (exact) mass is 316 g/mol. The highest BCUT2D eigenvalue weighted by Crippen LogP contribution is 2.28. The Bertz CT molecular complexity index is 721. The number of allylic oxidation sites excluding steroid dienone is 2. The second-order valence-electron chi connectivity index (χ2n) is 4.76. The Hall–Kier alpha value is -1.96. The number of hydrogen-bond acceptors (Lipinski definition) is 4. The molecule has 21 heavy (non-hydrogen) atoms. The van der Waals surface area contributed by atoms with Crippen LogP contribution < -0.4 is 0 Å². The van der Waals surface area contributed by atoms with E-state index in [9.17, 15) is 10.1 Å². The van der Waals surface area contributed by atoms with Crippen molar-refractivity contribution in [1.29, 1.82) is 5.26 Å². The standard InChI is InChI=1S/C16H13ClN2OS/c1-10(2)7-15(20)13(8-18)16-19-14(9-21-16)11-3-5-12(17)6-4-11/h3-7,9,13H,1-2H3. The highest BCUT2D eigenvalue weighted by atomic mass is 35.5. The van der Waals surface area contributed by atoms with Crippen molar-refractivity contribution in [2.24, 2.45) is 0 Å². The Balaban J connectivity index is 2.30. The predicted molar refractivity (Wildman–Crippen MR) is 85.4 cm³/mol. The maximum atomic E-state index is 12.0. The quantitative estimate of drug-likeness (QED) is 0.774. The van der Waals surface area contributed by atoms with Gasteiger partial charge in [-0.3, -0.25) is 4.79 Å². The first-order valence-electron chi connectivity index (χ1n) is 6.31. The zero-order valence-corrected chi connectivity index (χ0v) is 13.2. The topological polar surface area (TPSA) is 53.8 Å². The van der Waals surface area contributed by atoms with E-state index in [0.717, 1.165) is 16.8 Å². The lowest BCUT2D eigenvalue weighted by Crippen LogP contribution is -2.08. The number of nitrogens with zero attached hydrogens (tertiary/aromatic N) is 2. The second kappa shape index (κ2) is 6.66. The number of hydrogen-bond donors (Lipinski definition) is 0. The van der Waals surface area contributed by atoms with Crippen molar-refractivity contribution >= 4 is 28.7 Å². The van der Waals surface area contributed by atoms with E-state index in [1.807, 2.05) is 37.4 Å². The zero-order valence-electron chi connectivity index (χ0n) is 11.6. The third-order valence-corrected chi connectivity index (χ3v) is 3.92. The minimum Gasteiger partial charge on any atom is -0.293 e. The van der Waals surface area contributed by atoms with Crippen molar-refractivity contribution in [1.82, 2.24) is 4.98 Å². The van der Waals surface area contributed by atoms with Gasteiger partial charge in [0, 0.05) is 16.0 Å². The normalized spacial score (nSPS) is 11.5. The molecule has 0 aliphatic heterocycles. The van der Waals surface area contributed by atoms with Crippen molar-refractivity contribution in [3.05, 3.63) is 51.3 Å². The molecule has 1 heterocycles. The SMILES string of the molecule is CC(C)=CC(=O)C(C#N)c1nc(-c2ccc(Cl)cc2)cs1. The van der Waals surface area contributed by atoms with Crippen molar-refractivity contribution in [2.45, 2.75) is 19.8 Å². The van der Waals surface area contributed by atoms with Gasteiger partial charge in [0.1, 0.15) is 5.01 Å². The smallest absolute Gasteiger partial charge is 0.179 e. The van der Waals surface area contributed by atoms with Gasteiger partial charge in [-0.15, -0.1) is 11.3 Å². The summed E-state index contributed by atoms with van der Waals surface area (Å²) in [5.74, 6) is -1.07. The molecule has 1 aromatic carbocycles. The van der Waals surface area contributed by atoms with Crippen LogP contribution in [0.2, 0.25) is 5.02 Å². The fourth-order valence-electron chi connectivity index (χ4n) is 1.78. The number of ketones is 1. The fourth-order valence-corrected chi connectivity index (χ4v) is 2.78. The molecule has 0 spiro atoms. The van der Waals surface area contributed by atoms with Crippen LogP contribution in [0.15, 0.2) is 41.3 Å². The van der Waals surface area contributed by atoms with Gasteiger partial charge in [-0.1, -0.05) is 29.3 Å². The molecule has 0 N–H and O–H groups in total. The van der Waals surface area contributed by atoms with Gasteiger partial charge in [-0.05, 0) is 32.1 Å². The number of rotatable bonds is 4. The van der Waals surface area contributed by atoms with Gasteiger partial charge in [-0.2, -0.15) is 5.26 Å². The van der Waals surface area contributed by atoms with Gasteiger partial charge in [0.25, 0.3) is 0 Å². The summed E-state index contributed by atoms with van der Waals surface area (Å²) < 4.78 is 0. The molecule has 1 unspecified atom stereocenters. The van der Waals surface area contributed by atoms with Crippen molar-refractivity contribution in [2.75, 3.05) is 0 Å². The molecule has 1 atom stereocenters. The molecule has 0 amide bonds. The maximum Gasteiger partial charge on any atom is 0.179 e. The number of nitriles is 1. The Kier molecular flexibility index (Phi) is 4.89. The van der Waals surface area contributed by atoms with Crippen LogP contribution in [0.5, 0.6) is 0 Å². The van der Waals surface area contributed by atoms with Gasteiger partial charge in [-0.25, -0.2) is 4.98 Å². The summed E-state index contributed by atoms with van der Waals surface area (Å²) in [4.78, 5) is 16.4. The van der Waals surface area contributed by atoms with E-state index in [2.05, 4.69) is 4.98 Å². The molecule has 5 heteroatoms. The van der Waals surface area contributed by atoms with Crippen LogP contribution in [-0.2, 0) is 4.79 Å². The second-order valence-corrected chi connectivity index (χ2v) is 6.09. The number of benzene rings is 1. The van der Waals surface area contributed by atoms with E-state index < -0.39 is 5.92 Å². The summed E-state index contributed by atoms with van der Waals surface area (Å²) in [6, 6.07) is 9.32. The number of aromatic nitrogens is 1. The number of carbonyl (C=O) groups is 1. The molecule has 0 saturated heterocycles. The van der Waals surface area contributed by atoms with Crippen LogP contribution in [0.1, 0.15) is 24.8 Å². The summed E-state index contributed by atoms with van der Waals surface area (Å²) >= 11 is 7.18. The van der Waals surface area contributed by atoms with E-state index in [1.165, 1.54) is 17.4 Å². The Morgan fingerprint density at radius 2 is 2.05 bits per heavy atom. The van der Waals surface area contributed by atoms with Gasteiger partial charge in [0.2, 0.25) is 0 Å². The van der Waals surface area contributed by atoms with Crippen molar-refractivity contribution in [3.63, 3.8) is 0 Å². The fraction of sp³-hybridized carbons (Fsp3) is 0.188. The first kappa shape index (κ1) is 15.4. The molecule has 0 bridgehead atoms. The molecule has 0 saturated carbocycles. The number of carbonyl (C=O) groups excluding carboxylic acids is 1.